The minimum Gasteiger partial charge on any atom is -0.248 e. The summed E-state index contributed by atoms with van der Waals surface area (Å²) in [7, 11) is 0. The summed E-state index contributed by atoms with van der Waals surface area (Å²) in [5, 5.41) is 1.23. The van der Waals surface area contributed by atoms with Crippen LogP contribution in [0.1, 0.15) is 16.7 Å². The lowest BCUT2D eigenvalue weighted by atomic mass is 9.98. The highest BCUT2D eigenvalue weighted by Crippen LogP contribution is 2.27. The largest absolute Gasteiger partial charge is 0.248 e. The lowest BCUT2D eigenvalue weighted by Gasteiger charge is -2.10. The summed E-state index contributed by atoms with van der Waals surface area (Å²) >= 11 is 0. The first-order valence-electron chi connectivity index (χ1n) is 6.60. The molecule has 94 valence electrons. The molecule has 0 bridgehead atoms. The van der Waals surface area contributed by atoms with Crippen LogP contribution in [-0.2, 0) is 0 Å². The highest BCUT2D eigenvalue weighted by molar-refractivity contribution is 5.85. The summed E-state index contributed by atoms with van der Waals surface area (Å²) in [5.41, 5.74) is 7.26. The average molecular weight is 247 g/mol. The highest BCUT2D eigenvalue weighted by Gasteiger charge is 2.07. The summed E-state index contributed by atoms with van der Waals surface area (Å²) in [6.45, 7) is 6.46. The number of hydrogen-bond donors (Lipinski definition) is 0. The van der Waals surface area contributed by atoms with E-state index in [1.807, 2.05) is 6.07 Å². The molecule has 1 heterocycles. The molecule has 0 radical (unpaired) electrons. The summed E-state index contributed by atoms with van der Waals surface area (Å²) in [4.78, 5) is 4.81. The third kappa shape index (κ3) is 2.01. The molecule has 1 aromatic heterocycles. The monoisotopic (exact) mass is 247 g/mol. The fraction of sp³-hybridized carbons (Fsp3) is 0.167. The van der Waals surface area contributed by atoms with Crippen LogP contribution in [0.2, 0.25) is 0 Å². The Labute approximate surface area is 113 Å². The molecule has 19 heavy (non-hydrogen) atoms. The Morgan fingerprint density at radius 1 is 0.789 bits per heavy atom. The summed E-state index contributed by atoms with van der Waals surface area (Å²) in [5.74, 6) is 0. The molecule has 0 N–H and O–H groups in total. The van der Waals surface area contributed by atoms with E-state index in [9.17, 15) is 0 Å². The van der Waals surface area contributed by atoms with E-state index in [1.165, 1.54) is 27.6 Å². The van der Waals surface area contributed by atoms with Crippen molar-refractivity contribution >= 4 is 10.9 Å². The molecule has 1 heteroatoms. The predicted octanol–water partition coefficient (Wildman–Crippen LogP) is 4.83. The van der Waals surface area contributed by atoms with Gasteiger partial charge in [-0.25, -0.2) is 4.98 Å². The topological polar surface area (TPSA) is 12.9 Å². The van der Waals surface area contributed by atoms with Gasteiger partial charge in [0, 0.05) is 10.9 Å². The maximum Gasteiger partial charge on any atom is 0.0715 e. The lowest BCUT2D eigenvalue weighted by Crippen LogP contribution is -1.92. The Morgan fingerprint density at radius 2 is 1.58 bits per heavy atom. The first-order chi connectivity index (χ1) is 9.16. The quantitative estimate of drug-likeness (QED) is 0.600. The standard InChI is InChI=1S/C18H17N/c1-12-7-6-9-16(14(12)3)18-11-13(2)15-8-4-5-10-17(15)19-18/h4-11H,1-3H3. The average Bonchev–Trinajstić information content (AvgIpc) is 2.42. The molecular formula is C18H17N. The second-order valence-corrected chi connectivity index (χ2v) is 5.09. The van der Waals surface area contributed by atoms with Gasteiger partial charge in [0.2, 0.25) is 0 Å². The molecule has 0 fully saturated rings. The minimum atomic E-state index is 1.07. The van der Waals surface area contributed by atoms with Gasteiger partial charge in [-0.05, 0) is 49.6 Å². The van der Waals surface area contributed by atoms with Crippen LogP contribution in [0.15, 0.2) is 48.5 Å². The van der Waals surface area contributed by atoms with Crippen molar-refractivity contribution < 1.29 is 0 Å². The van der Waals surface area contributed by atoms with E-state index in [1.54, 1.807) is 0 Å². The van der Waals surface area contributed by atoms with Gasteiger partial charge in [0.1, 0.15) is 0 Å². The number of fused-ring (bicyclic) bond motifs is 1. The Hall–Kier alpha value is -2.15. The molecule has 1 nitrogen and oxygen atoms in total. The number of hydrogen-bond acceptors (Lipinski definition) is 1. The lowest BCUT2D eigenvalue weighted by molar-refractivity contribution is 1.30. The van der Waals surface area contributed by atoms with Crippen LogP contribution < -0.4 is 0 Å². The van der Waals surface area contributed by atoms with Crippen molar-refractivity contribution in [3.63, 3.8) is 0 Å². The molecule has 0 saturated heterocycles. The molecule has 0 spiro atoms. The highest BCUT2D eigenvalue weighted by atomic mass is 14.7. The van der Waals surface area contributed by atoms with Crippen LogP contribution >= 0.6 is 0 Å². The number of aryl methyl sites for hydroxylation is 2. The van der Waals surface area contributed by atoms with Crippen LogP contribution in [0, 0.1) is 20.8 Å². The van der Waals surface area contributed by atoms with Gasteiger partial charge in [0.05, 0.1) is 11.2 Å². The zero-order chi connectivity index (χ0) is 13.4. The van der Waals surface area contributed by atoms with Gasteiger partial charge >= 0.3 is 0 Å². The van der Waals surface area contributed by atoms with Crippen molar-refractivity contribution in [2.75, 3.05) is 0 Å². The van der Waals surface area contributed by atoms with E-state index in [0.29, 0.717) is 0 Å². The normalized spacial score (nSPS) is 10.9. The van der Waals surface area contributed by atoms with Crippen molar-refractivity contribution in [2.45, 2.75) is 20.8 Å². The van der Waals surface area contributed by atoms with E-state index >= 15 is 0 Å². The maximum absolute atomic E-state index is 4.81. The summed E-state index contributed by atoms with van der Waals surface area (Å²) in [6, 6.07) is 16.9. The molecule has 3 rings (SSSR count). The molecule has 0 saturated carbocycles. The van der Waals surface area contributed by atoms with Crippen molar-refractivity contribution in [3.8, 4) is 11.3 Å². The molecule has 2 aromatic carbocycles. The zero-order valence-corrected chi connectivity index (χ0v) is 11.6. The molecule has 3 aromatic rings. The number of rotatable bonds is 1. The predicted molar refractivity (Wildman–Crippen MR) is 81.4 cm³/mol. The van der Waals surface area contributed by atoms with Gasteiger partial charge in [-0.1, -0.05) is 36.4 Å². The number of nitrogens with zero attached hydrogens (tertiary/aromatic N) is 1. The van der Waals surface area contributed by atoms with E-state index < -0.39 is 0 Å². The maximum atomic E-state index is 4.81. The Morgan fingerprint density at radius 3 is 2.42 bits per heavy atom. The second kappa shape index (κ2) is 4.51. The smallest absolute Gasteiger partial charge is 0.0715 e. The fourth-order valence-corrected chi connectivity index (χ4v) is 2.52. The molecular weight excluding hydrogens is 230 g/mol. The second-order valence-electron chi connectivity index (χ2n) is 5.09. The number of aromatic nitrogens is 1. The number of pyridine rings is 1. The number of para-hydroxylation sites is 1. The molecule has 0 aliphatic heterocycles. The first-order valence-corrected chi connectivity index (χ1v) is 6.60. The Kier molecular flexibility index (Phi) is 2.83. The van der Waals surface area contributed by atoms with Gasteiger partial charge in [0.25, 0.3) is 0 Å². The number of benzene rings is 2. The third-order valence-corrected chi connectivity index (χ3v) is 3.80. The zero-order valence-electron chi connectivity index (χ0n) is 11.6. The summed E-state index contributed by atoms with van der Waals surface area (Å²) < 4.78 is 0. The van der Waals surface area contributed by atoms with Crippen molar-refractivity contribution in [1.82, 2.24) is 4.98 Å². The first kappa shape index (κ1) is 11.9. The van der Waals surface area contributed by atoms with Crippen LogP contribution in [0.3, 0.4) is 0 Å². The van der Waals surface area contributed by atoms with E-state index in [2.05, 4.69) is 63.2 Å². The molecule has 0 unspecified atom stereocenters. The Bertz CT molecular complexity index is 757. The van der Waals surface area contributed by atoms with Gasteiger partial charge in [-0.3, -0.25) is 0 Å². The van der Waals surface area contributed by atoms with Crippen LogP contribution in [0.25, 0.3) is 22.2 Å². The van der Waals surface area contributed by atoms with Gasteiger partial charge < -0.3 is 0 Å². The SMILES string of the molecule is Cc1cccc(-c2cc(C)c3ccccc3n2)c1C. The molecule has 0 amide bonds. The minimum absolute atomic E-state index is 1.07. The van der Waals surface area contributed by atoms with Crippen LogP contribution in [0.5, 0.6) is 0 Å². The van der Waals surface area contributed by atoms with Crippen LogP contribution in [-0.4, -0.2) is 4.98 Å². The van der Waals surface area contributed by atoms with Crippen molar-refractivity contribution in [3.05, 3.63) is 65.2 Å². The third-order valence-electron chi connectivity index (χ3n) is 3.80. The van der Waals surface area contributed by atoms with Gasteiger partial charge in [-0.15, -0.1) is 0 Å². The van der Waals surface area contributed by atoms with E-state index in [-0.39, 0.29) is 0 Å². The van der Waals surface area contributed by atoms with Crippen molar-refractivity contribution in [2.24, 2.45) is 0 Å². The van der Waals surface area contributed by atoms with Gasteiger partial charge in [-0.2, -0.15) is 0 Å². The molecule has 0 aliphatic rings. The molecule has 0 aliphatic carbocycles. The van der Waals surface area contributed by atoms with E-state index in [0.717, 1.165) is 11.2 Å². The molecule has 0 atom stereocenters. The van der Waals surface area contributed by atoms with E-state index in [4.69, 9.17) is 4.98 Å². The fourth-order valence-electron chi connectivity index (χ4n) is 2.52. The van der Waals surface area contributed by atoms with Crippen molar-refractivity contribution in [1.29, 1.82) is 0 Å². The van der Waals surface area contributed by atoms with Crippen LogP contribution in [0.4, 0.5) is 0 Å². The summed E-state index contributed by atoms with van der Waals surface area (Å²) in [6.07, 6.45) is 0. The van der Waals surface area contributed by atoms with Gasteiger partial charge in [0.15, 0.2) is 0 Å². The Balaban J connectivity index is 2.29.